The van der Waals surface area contributed by atoms with Gasteiger partial charge in [0.05, 0.1) is 36.6 Å². The van der Waals surface area contributed by atoms with Crippen molar-refractivity contribution in [2.24, 2.45) is 0 Å². The predicted octanol–water partition coefficient (Wildman–Crippen LogP) is 2.83. The van der Waals surface area contributed by atoms with E-state index < -0.39 is 0 Å². The van der Waals surface area contributed by atoms with Crippen LogP contribution >= 0.6 is 38.6 Å². The van der Waals surface area contributed by atoms with E-state index in [0.29, 0.717) is 22.0 Å². The molecule has 13 heteroatoms. The highest BCUT2D eigenvalue weighted by atomic mass is 79.9. The van der Waals surface area contributed by atoms with Crippen LogP contribution in [0.4, 0.5) is 11.6 Å². The summed E-state index contributed by atoms with van der Waals surface area (Å²) < 4.78 is 12.4. The van der Waals surface area contributed by atoms with E-state index in [0.717, 1.165) is 8.79 Å². The van der Waals surface area contributed by atoms with Crippen LogP contribution in [0, 0.1) is 0 Å². The van der Waals surface area contributed by atoms with E-state index >= 15 is 0 Å². The Morgan fingerprint density at radius 1 is 1.07 bits per heavy atom. The summed E-state index contributed by atoms with van der Waals surface area (Å²) in [6.07, 6.45) is 6.79. The summed E-state index contributed by atoms with van der Waals surface area (Å²) in [5.74, 6) is 1.10. The van der Waals surface area contributed by atoms with Gasteiger partial charge in [-0.1, -0.05) is 22.7 Å². The number of aromatic nitrogens is 6. The molecule has 0 radical (unpaired) electrons. The van der Waals surface area contributed by atoms with Crippen molar-refractivity contribution in [1.29, 1.82) is 0 Å². The number of H-pyrrole nitrogens is 1. The van der Waals surface area contributed by atoms with Gasteiger partial charge in [0.2, 0.25) is 0 Å². The zero-order valence-electron chi connectivity index (χ0n) is 14.4. The molecule has 0 unspecified atom stereocenters. The second-order valence-electron chi connectivity index (χ2n) is 4.50. The summed E-state index contributed by atoms with van der Waals surface area (Å²) in [5, 5.41) is 12.3. The highest BCUT2D eigenvalue weighted by molar-refractivity contribution is 9.11. The van der Waals surface area contributed by atoms with E-state index in [-0.39, 0.29) is 0 Å². The van der Waals surface area contributed by atoms with E-state index in [2.05, 4.69) is 41.2 Å². The van der Waals surface area contributed by atoms with Crippen LogP contribution in [-0.2, 0) is 0 Å². The average molecular weight is 473 g/mol. The lowest BCUT2D eigenvalue weighted by atomic mass is 10.7. The maximum absolute atomic E-state index is 5.48. The van der Waals surface area contributed by atoms with Crippen LogP contribution in [0.5, 0.6) is 10.4 Å². The average Bonchev–Trinajstić information content (AvgIpc) is 3.43. The molecule has 4 heterocycles. The molecule has 0 aliphatic rings. The van der Waals surface area contributed by atoms with Gasteiger partial charge in [0.15, 0.2) is 0 Å². The van der Waals surface area contributed by atoms with Crippen LogP contribution in [-0.4, -0.2) is 44.2 Å². The van der Waals surface area contributed by atoms with Crippen LogP contribution in [0.15, 0.2) is 40.7 Å². The molecule has 0 fully saturated rings. The molecule has 0 saturated heterocycles. The van der Waals surface area contributed by atoms with Gasteiger partial charge in [-0.15, -0.1) is 5.10 Å². The third kappa shape index (κ3) is 6.88. The number of nitrogens with one attached hydrogen (secondary N) is 1. The predicted molar refractivity (Wildman–Crippen MR) is 110 cm³/mol. The lowest BCUT2D eigenvalue weighted by Crippen LogP contribution is -1.92. The number of rotatable bonds is 3. The number of ether oxygens (including phenoxy) is 2. The fourth-order valence-electron chi connectivity index (χ4n) is 1.51. The van der Waals surface area contributed by atoms with E-state index in [1.807, 2.05) is 0 Å². The minimum atomic E-state index is 0.493. The molecule has 4 rings (SSSR count). The largest absolute Gasteiger partial charge is 0.473 e. The van der Waals surface area contributed by atoms with Gasteiger partial charge in [-0.05, 0) is 22.0 Å². The summed E-state index contributed by atoms with van der Waals surface area (Å²) in [6.45, 7) is 0. The molecule has 0 saturated carbocycles. The number of nitrogens with two attached hydrogens (primary N) is 2. The van der Waals surface area contributed by atoms with Gasteiger partial charge in [-0.3, -0.25) is 5.10 Å². The normalized spacial score (nSPS) is 9.59. The molecule has 0 amide bonds. The zero-order chi connectivity index (χ0) is 19.6. The first-order valence-corrected chi connectivity index (χ1v) is 9.66. The van der Waals surface area contributed by atoms with Crippen molar-refractivity contribution in [3.8, 4) is 15.4 Å². The molecule has 5 N–H and O–H groups in total. The van der Waals surface area contributed by atoms with E-state index in [4.69, 9.17) is 20.9 Å². The quantitative estimate of drug-likeness (QED) is 0.412. The van der Waals surface area contributed by atoms with Gasteiger partial charge in [-0.25, -0.2) is 14.6 Å². The van der Waals surface area contributed by atoms with E-state index in [1.165, 1.54) is 22.7 Å². The summed E-state index contributed by atoms with van der Waals surface area (Å²) in [4.78, 5) is 7.90. The van der Waals surface area contributed by atoms with Gasteiger partial charge in [0, 0.05) is 12.3 Å². The molecule has 4 aromatic heterocycles. The number of methoxy groups -OCH3 is 2. The molecule has 0 aliphatic heterocycles. The Labute approximate surface area is 171 Å². The van der Waals surface area contributed by atoms with Crippen molar-refractivity contribution in [2.45, 2.75) is 0 Å². The van der Waals surface area contributed by atoms with Crippen LogP contribution in [0.2, 0.25) is 0 Å². The minimum Gasteiger partial charge on any atom is -0.473 e. The van der Waals surface area contributed by atoms with Crippen LogP contribution in [0.1, 0.15) is 0 Å². The van der Waals surface area contributed by atoms with Gasteiger partial charge in [-0.2, -0.15) is 5.10 Å². The van der Waals surface area contributed by atoms with Gasteiger partial charge in [0.25, 0.3) is 10.4 Å². The maximum atomic E-state index is 5.48. The van der Waals surface area contributed by atoms with Crippen molar-refractivity contribution in [3.05, 3.63) is 40.7 Å². The molecule has 0 aromatic carbocycles. The Balaban J connectivity index is 0.000000159. The number of hydrogen-bond donors (Lipinski definition) is 3. The monoisotopic (exact) mass is 472 g/mol. The van der Waals surface area contributed by atoms with Crippen molar-refractivity contribution in [3.63, 3.8) is 0 Å². The fourth-order valence-corrected chi connectivity index (χ4v) is 3.16. The first kappa shape index (κ1) is 20.7. The van der Waals surface area contributed by atoms with E-state index in [1.54, 1.807) is 55.8 Å². The first-order chi connectivity index (χ1) is 13.0. The smallest absolute Gasteiger partial charge is 0.274 e. The minimum absolute atomic E-state index is 0.493. The van der Waals surface area contributed by atoms with Crippen molar-refractivity contribution in [2.75, 3.05) is 25.7 Å². The summed E-state index contributed by atoms with van der Waals surface area (Å²) in [7, 11) is 3.19. The number of anilines is 2. The number of aromatic amines is 1. The number of thiazole rings is 2. The number of hydrogen-bond acceptors (Lipinski definition) is 10. The standard InChI is InChI=1S/C7H8N4OS.C4H4BrNOS.C3H5N3/c1-12-7-9-4-6(13-7)11-3-2-5(8)10-11;1-7-4-6-2-3(5)8-4;4-3-1-2-5-6-3/h2-4H,1H3,(H2,8,10);2H,1H3;1-2H,(H3,4,5,6). The summed E-state index contributed by atoms with van der Waals surface area (Å²) >= 11 is 6.13. The third-order valence-corrected chi connectivity index (χ3v) is 5.02. The summed E-state index contributed by atoms with van der Waals surface area (Å²) in [5.41, 5.74) is 10.6. The van der Waals surface area contributed by atoms with Crippen LogP contribution < -0.4 is 20.9 Å². The van der Waals surface area contributed by atoms with Crippen molar-refractivity contribution >= 4 is 50.2 Å². The lowest BCUT2D eigenvalue weighted by molar-refractivity contribution is 0.412. The molecule has 27 heavy (non-hydrogen) atoms. The Kier molecular flexibility index (Phi) is 8.03. The van der Waals surface area contributed by atoms with Gasteiger partial charge in [0.1, 0.15) is 16.6 Å². The van der Waals surface area contributed by atoms with Gasteiger partial charge < -0.3 is 20.9 Å². The van der Waals surface area contributed by atoms with Crippen molar-refractivity contribution in [1.82, 2.24) is 29.9 Å². The third-order valence-electron chi connectivity index (χ3n) is 2.64. The molecule has 10 nitrogen and oxygen atoms in total. The number of nitrogen functional groups attached to an aromatic ring is 2. The Morgan fingerprint density at radius 2 is 1.78 bits per heavy atom. The highest BCUT2D eigenvalue weighted by Gasteiger charge is 2.04. The fraction of sp³-hybridized carbons (Fsp3) is 0.143. The Morgan fingerprint density at radius 3 is 2.15 bits per heavy atom. The molecule has 4 aromatic rings. The second kappa shape index (κ2) is 10.5. The van der Waals surface area contributed by atoms with Crippen LogP contribution in [0.25, 0.3) is 5.00 Å². The molecule has 0 aliphatic carbocycles. The lowest BCUT2D eigenvalue weighted by Gasteiger charge is -1.92. The zero-order valence-corrected chi connectivity index (χ0v) is 17.6. The Hall–Kier alpha value is -2.64. The molecule has 144 valence electrons. The second-order valence-corrected chi connectivity index (χ2v) is 7.84. The van der Waals surface area contributed by atoms with Crippen molar-refractivity contribution < 1.29 is 9.47 Å². The molecular formula is C14H17BrN8O2S2. The topological polar surface area (TPSA) is 143 Å². The number of nitrogens with zero attached hydrogens (tertiary/aromatic N) is 5. The SMILES string of the molecule is COc1ncc(-n2ccc(N)n2)s1.COc1ncc(Br)s1.Nc1ccn[nH]1. The van der Waals surface area contributed by atoms with Gasteiger partial charge >= 0.3 is 0 Å². The molecule has 0 atom stereocenters. The van der Waals surface area contributed by atoms with E-state index in [9.17, 15) is 0 Å². The summed E-state index contributed by atoms with van der Waals surface area (Å²) in [6, 6.07) is 3.42. The molecular weight excluding hydrogens is 456 g/mol. The maximum Gasteiger partial charge on any atom is 0.274 e. The number of halogens is 1. The molecule has 0 bridgehead atoms. The first-order valence-electron chi connectivity index (χ1n) is 7.23. The van der Waals surface area contributed by atoms with Crippen LogP contribution in [0.3, 0.4) is 0 Å². The molecule has 0 spiro atoms. The highest BCUT2D eigenvalue weighted by Crippen LogP contribution is 2.24. The Bertz CT molecular complexity index is 921.